The fourth-order valence-electron chi connectivity index (χ4n) is 2.37. The number of nitrogens with zero attached hydrogens (tertiary/aromatic N) is 2. The molecule has 20 heavy (non-hydrogen) atoms. The van der Waals surface area contributed by atoms with Gasteiger partial charge in [0.15, 0.2) is 5.13 Å². The highest BCUT2D eigenvalue weighted by atomic mass is 32.1. The Kier molecular flexibility index (Phi) is 3.89. The van der Waals surface area contributed by atoms with E-state index in [4.69, 9.17) is 10.5 Å². The van der Waals surface area contributed by atoms with Gasteiger partial charge in [-0.05, 0) is 12.5 Å². The van der Waals surface area contributed by atoms with Crippen molar-refractivity contribution in [2.45, 2.75) is 13.3 Å². The van der Waals surface area contributed by atoms with Gasteiger partial charge < -0.3 is 15.4 Å². The standard InChI is InChI=1S/C15H19N3OS/c1-11-3-2-4-12(9-11)10-13-14(16)17-15(20-13)18-5-7-19-8-6-18/h2-4,9H,5-8,10,16H2,1H3. The first-order chi connectivity index (χ1) is 9.72. The molecule has 1 aliphatic heterocycles. The van der Waals surface area contributed by atoms with Gasteiger partial charge in [-0.15, -0.1) is 0 Å². The summed E-state index contributed by atoms with van der Waals surface area (Å²) in [4.78, 5) is 7.92. The lowest BCUT2D eigenvalue weighted by Crippen LogP contribution is -2.36. The Balaban J connectivity index is 1.78. The Bertz CT molecular complexity index is 591. The number of benzene rings is 1. The van der Waals surface area contributed by atoms with Crippen LogP contribution in [0.3, 0.4) is 0 Å². The van der Waals surface area contributed by atoms with Gasteiger partial charge in [0.05, 0.1) is 18.1 Å². The Morgan fingerprint density at radius 1 is 1.35 bits per heavy atom. The molecule has 4 nitrogen and oxygen atoms in total. The molecule has 1 aromatic heterocycles. The first-order valence-electron chi connectivity index (χ1n) is 6.86. The van der Waals surface area contributed by atoms with E-state index in [1.165, 1.54) is 11.1 Å². The fourth-order valence-corrected chi connectivity index (χ4v) is 3.44. The zero-order valence-electron chi connectivity index (χ0n) is 11.6. The van der Waals surface area contributed by atoms with E-state index in [0.29, 0.717) is 5.82 Å². The summed E-state index contributed by atoms with van der Waals surface area (Å²) in [5, 5.41) is 1.02. The molecule has 1 saturated heterocycles. The third-order valence-electron chi connectivity index (χ3n) is 3.45. The number of nitrogens with two attached hydrogens (primary N) is 1. The summed E-state index contributed by atoms with van der Waals surface area (Å²) in [5.74, 6) is 0.665. The predicted molar refractivity (Wildman–Crippen MR) is 83.5 cm³/mol. The molecule has 0 bridgehead atoms. The van der Waals surface area contributed by atoms with E-state index in [2.05, 4.69) is 41.1 Å². The Morgan fingerprint density at radius 3 is 2.90 bits per heavy atom. The molecule has 0 spiro atoms. The van der Waals surface area contributed by atoms with E-state index in [0.717, 1.165) is 42.7 Å². The van der Waals surface area contributed by atoms with Crippen LogP contribution in [-0.2, 0) is 11.2 Å². The van der Waals surface area contributed by atoms with Crippen LogP contribution in [0, 0.1) is 6.92 Å². The molecule has 0 amide bonds. The van der Waals surface area contributed by atoms with Crippen molar-refractivity contribution in [1.29, 1.82) is 0 Å². The lowest BCUT2D eigenvalue weighted by Gasteiger charge is -2.25. The van der Waals surface area contributed by atoms with Crippen LogP contribution in [-0.4, -0.2) is 31.3 Å². The topological polar surface area (TPSA) is 51.4 Å². The predicted octanol–water partition coefficient (Wildman–Crippen LogP) is 2.46. The quantitative estimate of drug-likeness (QED) is 0.943. The molecule has 2 aromatic rings. The van der Waals surface area contributed by atoms with E-state index in [1.807, 2.05) is 0 Å². The lowest BCUT2D eigenvalue weighted by atomic mass is 10.1. The minimum Gasteiger partial charge on any atom is -0.383 e. The molecule has 0 unspecified atom stereocenters. The number of hydrogen-bond acceptors (Lipinski definition) is 5. The van der Waals surface area contributed by atoms with Gasteiger partial charge in [0.1, 0.15) is 5.82 Å². The number of anilines is 2. The number of aromatic nitrogens is 1. The Labute approximate surface area is 123 Å². The van der Waals surface area contributed by atoms with Crippen molar-refractivity contribution in [1.82, 2.24) is 4.98 Å². The van der Waals surface area contributed by atoms with Gasteiger partial charge in [-0.1, -0.05) is 41.2 Å². The van der Waals surface area contributed by atoms with Gasteiger partial charge >= 0.3 is 0 Å². The number of aryl methyl sites for hydroxylation is 1. The molecule has 0 atom stereocenters. The molecular weight excluding hydrogens is 270 g/mol. The van der Waals surface area contributed by atoms with Gasteiger partial charge in [0, 0.05) is 19.5 Å². The van der Waals surface area contributed by atoms with Crippen LogP contribution in [0.1, 0.15) is 16.0 Å². The van der Waals surface area contributed by atoms with E-state index >= 15 is 0 Å². The molecule has 1 aromatic carbocycles. The van der Waals surface area contributed by atoms with Crippen molar-refractivity contribution in [2.75, 3.05) is 36.9 Å². The maximum atomic E-state index is 6.08. The zero-order valence-corrected chi connectivity index (χ0v) is 12.4. The monoisotopic (exact) mass is 289 g/mol. The van der Waals surface area contributed by atoms with E-state index < -0.39 is 0 Å². The summed E-state index contributed by atoms with van der Waals surface area (Å²) in [7, 11) is 0. The number of rotatable bonds is 3. The minimum atomic E-state index is 0.665. The highest BCUT2D eigenvalue weighted by Crippen LogP contribution is 2.30. The molecule has 5 heteroatoms. The second-order valence-corrected chi connectivity index (χ2v) is 6.13. The van der Waals surface area contributed by atoms with Crippen molar-refractivity contribution in [3.8, 4) is 0 Å². The zero-order chi connectivity index (χ0) is 13.9. The summed E-state index contributed by atoms with van der Waals surface area (Å²) in [5.41, 5.74) is 8.64. The van der Waals surface area contributed by atoms with Crippen molar-refractivity contribution < 1.29 is 4.74 Å². The smallest absolute Gasteiger partial charge is 0.187 e. The van der Waals surface area contributed by atoms with Crippen molar-refractivity contribution in [2.24, 2.45) is 0 Å². The molecule has 3 rings (SSSR count). The highest BCUT2D eigenvalue weighted by Gasteiger charge is 2.17. The summed E-state index contributed by atoms with van der Waals surface area (Å²) in [6, 6.07) is 8.54. The normalized spacial score (nSPS) is 15.6. The van der Waals surface area contributed by atoms with Crippen LogP contribution < -0.4 is 10.6 Å². The number of nitrogen functional groups attached to an aromatic ring is 1. The highest BCUT2D eigenvalue weighted by molar-refractivity contribution is 7.16. The first kappa shape index (κ1) is 13.4. The Morgan fingerprint density at radius 2 is 2.15 bits per heavy atom. The van der Waals surface area contributed by atoms with E-state index in [1.54, 1.807) is 11.3 Å². The van der Waals surface area contributed by atoms with Gasteiger partial charge in [0.25, 0.3) is 0 Å². The van der Waals surface area contributed by atoms with Crippen molar-refractivity contribution in [3.63, 3.8) is 0 Å². The van der Waals surface area contributed by atoms with Gasteiger partial charge in [0.2, 0.25) is 0 Å². The molecular formula is C15H19N3OS. The number of thiazole rings is 1. The maximum Gasteiger partial charge on any atom is 0.187 e. The van der Waals surface area contributed by atoms with Gasteiger partial charge in [-0.25, -0.2) is 4.98 Å². The van der Waals surface area contributed by atoms with Crippen LogP contribution in [0.5, 0.6) is 0 Å². The average molecular weight is 289 g/mol. The summed E-state index contributed by atoms with van der Waals surface area (Å²) in [6.45, 7) is 5.45. The molecule has 1 aliphatic rings. The van der Waals surface area contributed by atoms with Crippen LogP contribution in [0.15, 0.2) is 24.3 Å². The minimum absolute atomic E-state index is 0.665. The molecule has 1 fully saturated rings. The summed E-state index contributed by atoms with van der Waals surface area (Å²) >= 11 is 1.70. The van der Waals surface area contributed by atoms with Crippen molar-refractivity contribution in [3.05, 3.63) is 40.3 Å². The number of ether oxygens (including phenoxy) is 1. The first-order valence-corrected chi connectivity index (χ1v) is 7.67. The van der Waals surface area contributed by atoms with Crippen LogP contribution in [0.25, 0.3) is 0 Å². The van der Waals surface area contributed by atoms with E-state index in [9.17, 15) is 0 Å². The lowest BCUT2D eigenvalue weighted by molar-refractivity contribution is 0.122. The average Bonchev–Trinajstić information content (AvgIpc) is 2.81. The second-order valence-electron chi connectivity index (χ2n) is 5.07. The molecule has 0 aliphatic carbocycles. The largest absolute Gasteiger partial charge is 0.383 e. The fraction of sp³-hybridized carbons (Fsp3) is 0.400. The molecule has 106 valence electrons. The third kappa shape index (κ3) is 2.94. The molecule has 2 N–H and O–H groups in total. The van der Waals surface area contributed by atoms with Crippen LogP contribution >= 0.6 is 11.3 Å². The number of hydrogen-bond donors (Lipinski definition) is 1. The molecule has 0 saturated carbocycles. The van der Waals surface area contributed by atoms with Crippen molar-refractivity contribution >= 4 is 22.3 Å². The van der Waals surface area contributed by atoms with Gasteiger partial charge in [-0.2, -0.15) is 0 Å². The third-order valence-corrected chi connectivity index (χ3v) is 4.58. The number of morpholine rings is 1. The molecule has 2 heterocycles. The Hall–Kier alpha value is -1.59. The molecule has 0 radical (unpaired) electrons. The second kappa shape index (κ2) is 5.81. The summed E-state index contributed by atoms with van der Waals surface area (Å²) < 4.78 is 5.37. The maximum absolute atomic E-state index is 6.08. The van der Waals surface area contributed by atoms with Crippen LogP contribution in [0.4, 0.5) is 10.9 Å². The van der Waals surface area contributed by atoms with E-state index in [-0.39, 0.29) is 0 Å². The van der Waals surface area contributed by atoms with Crippen LogP contribution in [0.2, 0.25) is 0 Å². The van der Waals surface area contributed by atoms with Gasteiger partial charge in [-0.3, -0.25) is 0 Å². The summed E-state index contributed by atoms with van der Waals surface area (Å²) in [6.07, 6.45) is 0.857. The SMILES string of the molecule is Cc1cccc(Cc2sc(N3CCOCC3)nc2N)c1.